The minimum absolute atomic E-state index is 0.0439. The molecule has 1 spiro atoms. The van der Waals surface area contributed by atoms with Gasteiger partial charge < -0.3 is 9.84 Å². The quantitative estimate of drug-likeness (QED) is 0.530. The Morgan fingerprint density at radius 3 is 2.67 bits per heavy atom. The summed E-state index contributed by atoms with van der Waals surface area (Å²) in [5, 5.41) is 14.1. The molecule has 5 fully saturated rings. The smallest absolute Gasteiger partial charge is 0.122 e. The van der Waals surface area contributed by atoms with Gasteiger partial charge in [0.1, 0.15) is 5.72 Å². The molecule has 3 nitrogen and oxygen atoms in total. The van der Waals surface area contributed by atoms with Gasteiger partial charge in [0.15, 0.2) is 0 Å². The Balaban J connectivity index is 1.28. The zero-order valence-corrected chi connectivity index (χ0v) is 19.6. The molecule has 6 rings (SSSR count). The largest absolute Gasteiger partial charge is 0.393 e. The first-order valence-electron chi connectivity index (χ1n) is 13.1. The molecule has 3 saturated carbocycles. The van der Waals surface area contributed by atoms with Crippen LogP contribution in [0.15, 0.2) is 11.6 Å². The third kappa shape index (κ3) is 2.55. The van der Waals surface area contributed by atoms with Crippen LogP contribution in [0.2, 0.25) is 0 Å². The van der Waals surface area contributed by atoms with Gasteiger partial charge in [-0.1, -0.05) is 39.3 Å². The van der Waals surface area contributed by atoms with Crippen molar-refractivity contribution in [3.63, 3.8) is 0 Å². The summed E-state index contributed by atoms with van der Waals surface area (Å²) in [6, 6.07) is 0. The Bertz CT molecular complexity index is 739. The minimum atomic E-state index is -0.100. The fraction of sp³-hybridized carbons (Fsp3) is 0.926. The highest BCUT2D eigenvalue weighted by atomic mass is 16.5. The summed E-state index contributed by atoms with van der Waals surface area (Å²) in [6.45, 7) is 11.2. The number of hydrogen-bond donors (Lipinski definition) is 2. The fourth-order valence-electron chi connectivity index (χ4n) is 9.84. The number of hydrogen-bond acceptors (Lipinski definition) is 3. The van der Waals surface area contributed by atoms with Crippen LogP contribution in [-0.2, 0) is 4.74 Å². The third-order valence-corrected chi connectivity index (χ3v) is 11.6. The Kier molecular flexibility index (Phi) is 4.44. The molecule has 0 aromatic carbocycles. The number of aliphatic hydroxyl groups is 1. The zero-order valence-electron chi connectivity index (χ0n) is 19.6. The van der Waals surface area contributed by atoms with Gasteiger partial charge in [-0.2, -0.15) is 0 Å². The van der Waals surface area contributed by atoms with Crippen molar-refractivity contribution in [2.75, 3.05) is 6.54 Å². The molecule has 2 aliphatic heterocycles. The lowest BCUT2D eigenvalue weighted by Gasteiger charge is -2.58. The van der Waals surface area contributed by atoms with Gasteiger partial charge in [-0.25, -0.2) is 0 Å². The Labute approximate surface area is 183 Å². The van der Waals surface area contributed by atoms with Crippen molar-refractivity contribution >= 4 is 0 Å². The Morgan fingerprint density at radius 1 is 1.07 bits per heavy atom. The summed E-state index contributed by atoms with van der Waals surface area (Å²) < 4.78 is 7.00. The number of piperidine rings is 1. The van der Waals surface area contributed by atoms with E-state index in [-0.39, 0.29) is 11.8 Å². The van der Waals surface area contributed by atoms with E-state index in [0.717, 1.165) is 49.0 Å². The van der Waals surface area contributed by atoms with Crippen molar-refractivity contribution in [1.82, 2.24) is 5.32 Å². The fourth-order valence-corrected chi connectivity index (χ4v) is 9.84. The number of rotatable bonds is 0. The standard InChI is InChI=1S/C27H43NO2/c1-16-7-12-27(28-15-16)17(2)24-23(30-27)14-22-20-6-5-18-13-19(29)8-10-25(18,3)21(20)9-11-26(22,24)4/h5,16-17,19-24,28-29H,6-15H2,1-4H3/t16?,17-,19-,20?,21?,22-,23+,24-,25-,26-,27+/m0/s1. The van der Waals surface area contributed by atoms with E-state index < -0.39 is 0 Å². The van der Waals surface area contributed by atoms with E-state index in [9.17, 15) is 5.11 Å². The predicted octanol–water partition coefficient (Wildman–Crippen LogP) is 5.29. The van der Waals surface area contributed by atoms with Crippen molar-refractivity contribution in [2.24, 2.45) is 46.3 Å². The number of allylic oxidation sites excluding steroid dienone is 1. The average molecular weight is 414 g/mol. The molecule has 2 heterocycles. The van der Waals surface area contributed by atoms with E-state index in [2.05, 4.69) is 39.1 Å². The first kappa shape index (κ1) is 20.2. The van der Waals surface area contributed by atoms with Crippen LogP contribution < -0.4 is 5.32 Å². The molecule has 2 saturated heterocycles. The average Bonchev–Trinajstić information content (AvgIpc) is 3.16. The highest BCUT2D eigenvalue weighted by Crippen LogP contribution is 2.70. The molecule has 30 heavy (non-hydrogen) atoms. The highest BCUT2D eigenvalue weighted by Gasteiger charge is 2.68. The zero-order chi connectivity index (χ0) is 20.9. The molecule has 3 heteroatoms. The minimum Gasteiger partial charge on any atom is -0.393 e. The van der Waals surface area contributed by atoms with Crippen LogP contribution in [0.1, 0.15) is 85.5 Å². The molecule has 0 bridgehead atoms. The first-order chi connectivity index (χ1) is 14.3. The molecule has 0 aromatic rings. The molecule has 4 aliphatic carbocycles. The van der Waals surface area contributed by atoms with Crippen LogP contribution in [0.5, 0.6) is 0 Å². The third-order valence-electron chi connectivity index (χ3n) is 11.6. The first-order valence-corrected chi connectivity index (χ1v) is 13.1. The van der Waals surface area contributed by atoms with Crippen LogP contribution in [0.4, 0.5) is 0 Å². The van der Waals surface area contributed by atoms with Crippen LogP contribution in [0.25, 0.3) is 0 Å². The van der Waals surface area contributed by atoms with Gasteiger partial charge in [0.25, 0.3) is 0 Å². The maximum absolute atomic E-state index is 10.3. The van der Waals surface area contributed by atoms with E-state index in [1.54, 1.807) is 5.57 Å². The van der Waals surface area contributed by atoms with Crippen molar-refractivity contribution in [3.8, 4) is 0 Å². The number of nitrogens with one attached hydrogen (secondary N) is 1. The second-order valence-electron chi connectivity index (χ2n) is 12.8. The summed E-state index contributed by atoms with van der Waals surface area (Å²) in [5.41, 5.74) is 2.33. The van der Waals surface area contributed by atoms with Crippen molar-refractivity contribution in [1.29, 1.82) is 0 Å². The lowest BCUT2D eigenvalue weighted by Crippen LogP contribution is -2.57. The normalized spacial score (nSPS) is 59.8. The summed E-state index contributed by atoms with van der Waals surface area (Å²) in [7, 11) is 0. The second-order valence-corrected chi connectivity index (χ2v) is 12.8. The van der Waals surface area contributed by atoms with E-state index in [1.807, 2.05) is 0 Å². The monoisotopic (exact) mass is 413 g/mol. The van der Waals surface area contributed by atoms with Crippen LogP contribution in [0.3, 0.4) is 0 Å². The molecular weight excluding hydrogens is 370 g/mol. The molecule has 3 unspecified atom stereocenters. The summed E-state index contributed by atoms with van der Waals surface area (Å²) in [4.78, 5) is 0. The molecule has 2 N–H and O–H groups in total. The SMILES string of the molecule is CC1CC[C@@]2(NC1)O[C@@H]1C[C@H]3C4CC=C5C[C@@H](O)CC[C@]5(C)C4CC[C@]3(C)[C@H]1[C@@H]2C. The van der Waals surface area contributed by atoms with E-state index in [4.69, 9.17) is 4.74 Å². The lowest BCUT2D eigenvalue weighted by atomic mass is 9.47. The van der Waals surface area contributed by atoms with E-state index >= 15 is 0 Å². The lowest BCUT2D eigenvalue weighted by molar-refractivity contribution is -0.115. The Morgan fingerprint density at radius 2 is 1.90 bits per heavy atom. The number of aliphatic hydroxyl groups excluding tert-OH is 1. The van der Waals surface area contributed by atoms with Crippen LogP contribution in [0, 0.1) is 46.3 Å². The second kappa shape index (κ2) is 6.58. The summed E-state index contributed by atoms with van der Waals surface area (Å²) in [6.07, 6.45) is 13.8. The van der Waals surface area contributed by atoms with Gasteiger partial charge in [0.05, 0.1) is 12.2 Å². The van der Waals surface area contributed by atoms with Crippen LogP contribution in [-0.4, -0.2) is 29.6 Å². The van der Waals surface area contributed by atoms with Crippen molar-refractivity contribution in [3.05, 3.63) is 11.6 Å². The summed E-state index contributed by atoms with van der Waals surface area (Å²) in [5.74, 6) is 4.58. The maximum Gasteiger partial charge on any atom is 0.122 e. The Hall–Kier alpha value is -0.380. The van der Waals surface area contributed by atoms with Crippen molar-refractivity contribution in [2.45, 2.75) is 103 Å². The van der Waals surface area contributed by atoms with Gasteiger partial charge in [-0.15, -0.1) is 0 Å². The molecule has 6 aliphatic rings. The van der Waals surface area contributed by atoms with E-state index in [1.165, 1.54) is 44.9 Å². The highest BCUT2D eigenvalue weighted by molar-refractivity contribution is 5.26. The molecular formula is C27H43NO2. The number of ether oxygens (including phenoxy) is 1. The van der Waals surface area contributed by atoms with Gasteiger partial charge in [-0.3, -0.25) is 5.32 Å². The van der Waals surface area contributed by atoms with Crippen LogP contribution >= 0.6 is 0 Å². The van der Waals surface area contributed by atoms with Gasteiger partial charge in [-0.05, 0) is 98.2 Å². The number of fused-ring (bicyclic) bond motifs is 7. The van der Waals surface area contributed by atoms with Gasteiger partial charge in [0, 0.05) is 12.5 Å². The molecule has 0 radical (unpaired) electrons. The van der Waals surface area contributed by atoms with Crippen molar-refractivity contribution < 1.29 is 9.84 Å². The maximum atomic E-state index is 10.3. The molecule has 11 atom stereocenters. The molecule has 168 valence electrons. The van der Waals surface area contributed by atoms with Gasteiger partial charge >= 0.3 is 0 Å². The molecule has 0 aromatic heterocycles. The topological polar surface area (TPSA) is 41.5 Å². The predicted molar refractivity (Wildman–Crippen MR) is 120 cm³/mol. The van der Waals surface area contributed by atoms with E-state index in [0.29, 0.717) is 22.9 Å². The molecule has 0 amide bonds. The summed E-state index contributed by atoms with van der Waals surface area (Å²) >= 11 is 0. The van der Waals surface area contributed by atoms with Gasteiger partial charge in [0.2, 0.25) is 0 Å².